The summed E-state index contributed by atoms with van der Waals surface area (Å²) < 4.78 is 0. The second kappa shape index (κ2) is 2.91. The van der Waals surface area contributed by atoms with Gasteiger partial charge in [-0.1, -0.05) is 6.07 Å². The van der Waals surface area contributed by atoms with E-state index in [0.29, 0.717) is 0 Å². The predicted octanol–water partition coefficient (Wildman–Crippen LogP) is 0.374. The van der Waals surface area contributed by atoms with Crippen LogP contribution in [0.15, 0.2) is 24.4 Å². The van der Waals surface area contributed by atoms with Crippen molar-refractivity contribution in [2.24, 2.45) is 0 Å². The van der Waals surface area contributed by atoms with Gasteiger partial charge in [0.2, 0.25) is 5.60 Å². The molecule has 0 unspecified atom stereocenters. The first-order valence-corrected chi connectivity index (χ1v) is 3.42. The molecule has 0 spiro atoms. The van der Waals surface area contributed by atoms with Crippen molar-refractivity contribution in [1.82, 2.24) is 4.98 Å². The molecule has 0 aliphatic carbocycles. The van der Waals surface area contributed by atoms with Gasteiger partial charge < -0.3 is 10.2 Å². The molecule has 0 saturated carbocycles. The van der Waals surface area contributed by atoms with Crippen LogP contribution in [0.25, 0.3) is 0 Å². The van der Waals surface area contributed by atoms with E-state index in [1.165, 1.54) is 19.2 Å². The molecular weight excluding hydrogens is 158 g/mol. The fourth-order valence-corrected chi connectivity index (χ4v) is 0.760. The van der Waals surface area contributed by atoms with Crippen LogP contribution in [-0.2, 0) is 10.4 Å². The monoisotopic (exact) mass is 167 g/mol. The van der Waals surface area contributed by atoms with Crippen LogP contribution < -0.4 is 0 Å². The van der Waals surface area contributed by atoms with Gasteiger partial charge in [0.15, 0.2) is 0 Å². The third kappa shape index (κ3) is 1.43. The zero-order chi connectivity index (χ0) is 9.19. The maximum Gasteiger partial charge on any atom is 0.341 e. The topological polar surface area (TPSA) is 70.4 Å². The highest BCUT2D eigenvalue weighted by molar-refractivity contribution is 5.77. The quantitative estimate of drug-likeness (QED) is 0.667. The molecular formula is C8H9NO3. The van der Waals surface area contributed by atoms with E-state index in [1.54, 1.807) is 12.1 Å². The van der Waals surface area contributed by atoms with Crippen molar-refractivity contribution in [3.05, 3.63) is 30.1 Å². The summed E-state index contributed by atoms with van der Waals surface area (Å²) in [5.41, 5.74) is -1.76. The molecule has 1 aromatic rings. The summed E-state index contributed by atoms with van der Waals surface area (Å²) in [6.07, 6.45) is 1.44. The van der Waals surface area contributed by atoms with Gasteiger partial charge in [0.1, 0.15) is 0 Å². The van der Waals surface area contributed by atoms with Crippen LogP contribution in [0.1, 0.15) is 12.6 Å². The maximum absolute atomic E-state index is 10.5. The molecule has 0 aliphatic heterocycles. The Balaban J connectivity index is 3.06. The fourth-order valence-electron chi connectivity index (χ4n) is 0.760. The van der Waals surface area contributed by atoms with Gasteiger partial charge in [-0.25, -0.2) is 4.79 Å². The zero-order valence-electron chi connectivity index (χ0n) is 6.56. The molecule has 64 valence electrons. The first-order valence-electron chi connectivity index (χ1n) is 3.42. The van der Waals surface area contributed by atoms with Gasteiger partial charge in [-0.05, 0) is 19.1 Å². The van der Waals surface area contributed by atoms with E-state index in [4.69, 9.17) is 5.11 Å². The van der Waals surface area contributed by atoms with Gasteiger partial charge in [-0.15, -0.1) is 0 Å². The Morgan fingerprint density at radius 3 is 2.67 bits per heavy atom. The zero-order valence-corrected chi connectivity index (χ0v) is 6.56. The molecule has 1 atom stereocenters. The lowest BCUT2D eigenvalue weighted by Gasteiger charge is -2.16. The normalized spacial score (nSPS) is 15.2. The SMILES string of the molecule is C[C@@](O)(C(=O)O)c1ccccn1. The van der Waals surface area contributed by atoms with Crippen molar-refractivity contribution in [3.8, 4) is 0 Å². The van der Waals surface area contributed by atoms with Crippen LogP contribution in [0, 0.1) is 0 Å². The molecule has 0 aliphatic rings. The average molecular weight is 167 g/mol. The summed E-state index contributed by atoms with van der Waals surface area (Å²) in [5.74, 6) is -1.30. The number of aromatic nitrogens is 1. The summed E-state index contributed by atoms with van der Waals surface area (Å²) >= 11 is 0. The Morgan fingerprint density at radius 2 is 2.25 bits per heavy atom. The fraction of sp³-hybridized carbons (Fsp3) is 0.250. The Hall–Kier alpha value is -1.42. The standard InChI is InChI=1S/C8H9NO3/c1-8(12,7(10)11)6-4-2-3-5-9-6/h2-5,12H,1H3,(H,10,11)/t8-/m0/s1. The van der Waals surface area contributed by atoms with Gasteiger partial charge in [0.25, 0.3) is 0 Å². The van der Waals surface area contributed by atoms with Crippen LogP contribution in [0.4, 0.5) is 0 Å². The minimum Gasteiger partial charge on any atom is -0.479 e. The molecule has 0 aromatic carbocycles. The number of aliphatic hydroxyl groups is 1. The number of carboxylic acids is 1. The van der Waals surface area contributed by atoms with Crippen LogP contribution in [-0.4, -0.2) is 21.2 Å². The molecule has 0 saturated heterocycles. The molecule has 2 N–H and O–H groups in total. The van der Waals surface area contributed by atoms with Gasteiger partial charge in [0.05, 0.1) is 5.69 Å². The van der Waals surface area contributed by atoms with Crippen LogP contribution in [0.3, 0.4) is 0 Å². The Bertz CT molecular complexity index is 282. The van der Waals surface area contributed by atoms with Crippen molar-refractivity contribution in [2.75, 3.05) is 0 Å². The van der Waals surface area contributed by atoms with E-state index in [1.807, 2.05) is 0 Å². The van der Waals surface area contributed by atoms with E-state index in [0.717, 1.165) is 0 Å². The van der Waals surface area contributed by atoms with E-state index < -0.39 is 11.6 Å². The molecule has 12 heavy (non-hydrogen) atoms. The lowest BCUT2D eigenvalue weighted by atomic mass is 10.0. The summed E-state index contributed by atoms with van der Waals surface area (Å²) in [6, 6.07) is 4.75. The van der Waals surface area contributed by atoms with Gasteiger partial charge >= 0.3 is 5.97 Å². The molecule has 4 nitrogen and oxygen atoms in total. The number of aliphatic carboxylic acids is 1. The number of hydrogen-bond donors (Lipinski definition) is 2. The molecule has 0 fully saturated rings. The number of rotatable bonds is 2. The molecule has 1 heterocycles. The molecule has 0 bridgehead atoms. The largest absolute Gasteiger partial charge is 0.479 e. The van der Waals surface area contributed by atoms with Crippen molar-refractivity contribution in [3.63, 3.8) is 0 Å². The number of pyridine rings is 1. The Kier molecular flexibility index (Phi) is 2.10. The van der Waals surface area contributed by atoms with Gasteiger partial charge in [-0.2, -0.15) is 0 Å². The third-order valence-electron chi connectivity index (χ3n) is 1.58. The van der Waals surface area contributed by atoms with Gasteiger partial charge in [-0.3, -0.25) is 4.98 Å². The molecule has 0 radical (unpaired) electrons. The van der Waals surface area contributed by atoms with Crippen molar-refractivity contribution in [1.29, 1.82) is 0 Å². The lowest BCUT2D eigenvalue weighted by molar-refractivity contribution is -0.158. The Morgan fingerprint density at radius 1 is 1.58 bits per heavy atom. The second-order valence-electron chi connectivity index (χ2n) is 2.59. The maximum atomic E-state index is 10.5. The molecule has 1 aromatic heterocycles. The summed E-state index contributed by atoms with van der Waals surface area (Å²) in [6.45, 7) is 1.19. The van der Waals surface area contributed by atoms with E-state index in [-0.39, 0.29) is 5.69 Å². The Labute approximate surface area is 69.5 Å². The molecule has 1 rings (SSSR count). The van der Waals surface area contributed by atoms with Crippen LogP contribution >= 0.6 is 0 Å². The smallest absolute Gasteiger partial charge is 0.341 e. The number of carboxylic acid groups (broad SMARTS) is 1. The number of carbonyl (C=O) groups is 1. The predicted molar refractivity (Wildman–Crippen MR) is 41.4 cm³/mol. The van der Waals surface area contributed by atoms with E-state index in [9.17, 15) is 9.90 Å². The highest BCUT2D eigenvalue weighted by Gasteiger charge is 2.33. The van der Waals surface area contributed by atoms with E-state index >= 15 is 0 Å². The lowest BCUT2D eigenvalue weighted by Crippen LogP contribution is -2.32. The van der Waals surface area contributed by atoms with Crippen LogP contribution in [0.5, 0.6) is 0 Å². The van der Waals surface area contributed by atoms with Crippen molar-refractivity contribution in [2.45, 2.75) is 12.5 Å². The first kappa shape index (κ1) is 8.67. The third-order valence-corrected chi connectivity index (χ3v) is 1.58. The highest BCUT2D eigenvalue weighted by Crippen LogP contribution is 2.17. The average Bonchev–Trinajstić information content (AvgIpc) is 2.06. The summed E-state index contributed by atoms with van der Waals surface area (Å²) in [7, 11) is 0. The van der Waals surface area contributed by atoms with Crippen molar-refractivity contribution < 1.29 is 15.0 Å². The highest BCUT2D eigenvalue weighted by atomic mass is 16.4. The summed E-state index contributed by atoms with van der Waals surface area (Å²) in [4.78, 5) is 14.3. The number of nitrogens with zero attached hydrogens (tertiary/aromatic N) is 1. The second-order valence-corrected chi connectivity index (χ2v) is 2.59. The summed E-state index contributed by atoms with van der Waals surface area (Å²) in [5, 5.41) is 18.0. The van der Waals surface area contributed by atoms with E-state index in [2.05, 4.69) is 4.98 Å². The van der Waals surface area contributed by atoms with Crippen LogP contribution in [0.2, 0.25) is 0 Å². The minimum atomic E-state index is -1.90. The number of hydrogen-bond acceptors (Lipinski definition) is 3. The minimum absolute atomic E-state index is 0.137. The first-order chi connectivity index (χ1) is 5.55. The van der Waals surface area contributed by atoms with Crippen molar-refractivity contribution >= 4 is 5.97 Å². The molecule has 4 heteroatoms. The molecule has 0 amide bonds. The van der Waals surface area contributed by atoms with Gasteiger partial charge in [0, 0.05) is 6.20 Å².